The normalized spacial score (nSPS) is 13.2. The number of hydrogen-bond acceptors (Lipinski definition) is 3. The standard InChI is InChI=1S/C9H16N2S/c1-4-6-8(5-2)9-7(3)10-11-12-9/h8H,4-6H2,1-3H3. The molecule has 2 nitrogen and oxygen atoms in total. The third-order valence-corrected chi connectivity index (χ3v) is 3.18. The van der Waals surface area contributed by atoms with Crippen molar-refractivity contribution in [1.29, 1.82) is 0 Å². The number of rotatable bonds is 4. The lowest BCUT2D eigenvalue weighted by Crippen LogP contribution is -1.95. The lowest BCUT2D eigenvalue weighted by Gasteiger charge is -2.10. The maximum atomic E-state index is 4.04. The van der Waals surface area contributed by atoms with Crippen molar-refractivity contribution in [2.45, 2.75) is 46.0 Å². The van der Waals surface area contributed by atoms with Crippen molar-refractivity contribution in [3.8, 4) is 0 Å². The molecule has 1 heterocycles. The minimum Gasteiger partial charge on any atom is -0.143 e. The molecule has 1 rings (SSSR count). The lowest BCUT2D eigenvalue weighted by molar-refractivity contribution is 0.601. The summed E-state index contributed by atoms with van der Waals surface area (Å²) in [6.45, 7) is 6.52. The van der Waals surface area contributed by atoms with E-state index in [0.29, 0.717) is 5.92 Å². The van der Waals surface area contributed by atoms with E-state index in [1.807, 2.05) is 0 Å². The van der Waals surface area contributed by atoms with E-state index in [9.17, 15) is 0 Å². The molecule has 3 heteroatoms. The first-order valence-corrected chi connectivity index (χ1v) is 5.35. The highest BCUT2D eigenvalue weighted by Crippen LogP contribution is 2.28. The molecule has 0 bridgehead atoms. The van der Waals surface area contributed by atoms with Crippen LogP contribution in [0.2, 0.25) is 0 Å². The van der Waals surface area contributed by atoms with Crippen LogP contribution in [0.1, 0.15) is 49.6 Å². The minimum atomic E-state index is 0.690. The number of hydrogen-bond donors (Lipinski definition) is 0. The predicted octanol–water partition coefficient (Wildman–Crippen LogP) is 3.14. The average molecular weight is 184 g/mol. The molecule has 1 unspecified atom stereocenters. The van der Waals surface area contributed by atoms with Gasteiger partial charge in [0.15, 0.2) is 0 Å². The van der Waals surface area contributed by atoms with Gasteiger partial charge in [0, 0.05) is 0 Å². The van der Waals surface area contributed by atoms with Gasteiger partial charge < -0.3 is 0 Å². The zero-order valence-corrected chi connectivity index (χ0v) is 8.82. The summed E-state index contributed by atoms with van der Waals surface area (Å²) in [5, 5.41) is 4.04. The fourth-order valence-electron chi connectivity index (χ4n) is 1.48. The van der Waals surface area contributed by atoms with E-state index in [2.05, 4.69) is 30.4 Å². The van der Waals surface area contributed by atoms with E-state index in [4.69, 9.17) is 0 Å². The Labute approximate surface area is 78.2 Å². The van der Waals surface area contributed by atoms with Gasteiger partial charge in [-0.2, -0.15) is 0 Å². The predicted molar refractivity (Wildman–Crippen MR) is 52.6 cm³/mol. The largest absolute Gasteiger partial charge is 0.143 e. The van der Waals surface area contributed by atoms with Crippen molar-refractivity contribution in [1.82, 2.24) is 9.59 Å². The quantitative estimate of drug-likeness (QED) is 0.718. The van der Waals surface area contributed by atoms with Crippen molar-refractivity contribution in [2.75, 3.05) is 0 Å². The number of aryl methyl sites for hydroxylation is 1. The lowest BCUT2D eigenvalue weighted by atomic mass is 9.98. The molecule has 0 saturated heterocycles. The molecular weight excluding hydrogens is 168 g/mol. The number of aromatic nitrogens is 2. The Balaban J connectivity index is 2.72. The van der Waals surface area contributed by atoms with Crippen LogP contribution in [0.4, 0.5) is 0 Å². The molecule has 68 valence electrons. The second-order valence-electron chi connectivity index (χ2n) is 3.12. The molecule has 12 heavy (non-hydrogen) atoms. The summed E-state index contributed by atoms with van der Waals surface area (Å²) in [4.78, 5) is 1.39. The molecule has 0 aliphatic heterocycles. The topological polar surface area (TPSA) is 25.8 Å². The highest BCUT2D eigenvalue weighted by atomic mass is 32.1. The van der Waals surface area contributed by atoms with Crippen LogP contribution in [-0.2, 0) is 0 Å². The van der Waals surface area contributed by atoms with Crippen LogP contribution in [0.5, 0.6) is 0 Å². The molecule has 0 N–H and O–H groups in total. The summed E-state index contributed by atoms with van der Waals surface area (Å²) in [6.07, 6.45) is 3.72. The molecule has 1 aromatic rings. The second kappa shape index (κ2) is 4.55. The molecule has 0 aliphatic carbocycles. The van der Waals surface area contributed by atoms with Gasteiger partial charge in [0.2, 0.25) is 0 Å². The monoisotopic (exact) mass is 184 g/mol. The summed E-state index contributed by atoms with van der Waals surface area (Å²) < 4.78 is 3.96. The van der Waals surface area contributed by atoms with Crippen LogP contribution in [0, 0.1) is 6.92 Å². The van der Waals surface area contributed by atoms with Gasteiger partial charge in [0.25, 0.3) is 0 Å². The Morgan fingerprint density at radius 2 is 2.17 bits per heavy atom. The summed E-state index contributed by atoms with van der Waals surface area (Å²) in [5.74, 6) is 0.690. The molecule has 0 saturated carbocycles. The van der Waals surface area contributed by atoms with Crippen molar-refractivity contribution in [3.05, 3.63) is 10.6 Å². The Bertz CT molecular complexity index is 232. The zero-order valence-electron chi connectivity index (χ0n) is 8.00. The van der Waals surface area contributed by atoms with Gasteiger partial charge >= 0.3 is 0 Å². The van der Waals surface area contributed by atoms with Crippen LogP contribution in [0.15, 0.2) is 0 Å². The van der Waals surface area contributed by atoms with E-state index in [0.717, 1.165) is 5.69 Å². The van der Waals surface area contributed by atoms with E-state index in [1.54, 1.807) is 11.5 Å². The smallest absolute Gasteiger partial charge is 0.0759 e. The molecular formula is C9H16N2S. The van der Waals surface area contributed by atoms with Crippen LogP contribution in [0.3, 0.4) is 0 Å². The Morgan fingerprint density at radius 3 is 2.58 bits per heavy atom. The SMILES string of the molecule is CCCC(CC)c1snnc1C. The van der Waals surface area contributed by atoms with Crippen LogP contribution in [0.25, 0.3) is 0 Å². The minimum absolute atomic E-state index is 0.690. The van der Waals surface area contributed by atoms with E-state index >= 15 is 0 Å². The summed E-state index contributed by atoms with van der Waals surface area (Å²) in [6, 6.07) is 0. The van der Waals surface area contributed by atoms with Gasteiger partial charge in [-0.3, -0.25) is 0 Å². The van der Waals surface area contributed by atoms with Crippen LogP contribution < -0.4 is 0 Å². The van der Waals surface area contributed by atoms with Crippen molar-refractivity contribution < 1.29 is 0 Å². The molecule has 1 atom stereocenters. The Morgan fingerprint density at radius 1 is 1.42 bits per heavy atom. The van der Waals surface area contributed by atoms with Crippen molar-refractivity contribution in [2.24, 2.45) is 0 Å². The molecule has 0 fully saturated rings. The van der Waals surface area contributed by atoms with Crippen molar-refractivity contribution in [3.63, 3.8) is 0 Å². The first-order valence-electron chi connectivity index (χ1n) is 4.58. The summed E-state index contributed by atoms with van der Waals surface area (Å²) in [7, 11) is 0. The van der Waals surface area contributed by atoms with E-state index in [1.165, 1.54) is 24.1 Å². The van der Waals surface area contributed by atoms with Gasteiger partial charge in [-0.05, 0) is 37.2 Å². The fraction of sp³-hybridized carbons (Fsp3) is 0.778. The van der Waals surface area contributed by atoms with Gasteiger partial charge in [-0.1, -0.05) is 24.8 Å². The molecule has 1 aromatic heterocycles. The molecule has 0 spiro atoms. The average Bonchev–Trinajstić information content (AvgIpc) is 2.47. The van der Waals surface area contributed by atoms with E-state index in [-0.39, 0.29) is 0 Å². The third kappa shape index (κ3) is 2.03. The first-order chi connectivity index (χ1) is 5.79. The second-order valence-corrected chi connectivity index (χ2v) is 3.90. The van der Waals surface area contributed by atoms with Crippen LogP contribution in [-0.4, -0.2) is 9.59 Å². The van der Waals surface area contributed by atoms with Crippen molar-refractivity contribution >= 4 is 11.5 Å². The van der Waals surface area contributed by atoms with E-state index < -0.39 is 0 Å². The highest BCUT2D eigenvalue weighted by molar-refractivity contribution is 7.05. The Kier molecular flexibility index (Phi) is 3.66. The van der Waals surface area contributed by atoms with Gasteiger partial charge in [-0.15, -0.1) is 5.10 Å². The van der Waals surface area contributed by atoms with Gasteiger partial charge in [0.1, 0.15) is 0 Å². The summed E-state index contributed by atoms with van der Waals surface area (Å²) >= 11 is 1.56. The maximum absolute atomic E-state index is 4.04. The Hall–Kier alpha value is -0.440. The molecule has 0 amide bonds. The maximum Gasteiger partial charge on any atom is 0.0759 e. The third-order valence-electron chi connectivity index (χ3n) is 2.19. The fourth-order valence-corrected chi connectivity index (χ4v) is 2.34. The van der Waals surface area contributed by atoms with Gasteiger partial charge in [-0.25, -0.2) is 0 Å². The van der Waals surface area contributed by atoms with Gasteiger partial charge in [0.05, 0.1) is 10.6 Å². The molecule has 0 aliphatic rings. The highest BCUT2D eigenvalue weighted by Gasteiger charge is 2.13. The zero-order chi connectivity index (χ0) is 8.97. The number of nitrogens with zero attached hydrogens (tertiary/aromatic N) is 2. The summed E-state index contributed by atoms with van der Waals surface area (Å²) in [5.41, 5.74) is 1.13. The molecule has 0 radical (unpaired) electrons. The van der Waals surface area contributed by atoms with Crippen LogP contribution >= 0.6 is 11.5 Å². The molecule has 0 aromatic carbocycles. The first kappa shape index (κ1) is 9.65.